The van der Waals surface area contributed by atoms with Crippen molar-refractivity contribution in [3.8, 4) is 0 Å². The van der Waals surface area contributed by atoms with Gasteiger partial charge in [0.05, 0.1) is 12.7 Å². The van der Waals surface area contributed by atoms with Crippen molar-refractivity contribution in [2.45, 2.75) is 50.5 Å². The first-order chi connectivity index (χ1) is 11.7. The van der Waals surface area contributed by atoms with E-state index in [-0.39, 0.29) is 5.97 Å². The van der Waals surface area contributed by atoms with E-state index >= 15 is 0 Å². The molecule has 130 valence electrons. The molecule has 3 nitrogen and oxygen atoms in total. The number of aliphatic hydroxyl groups is 1. The van der Waals surface area contributed by atoms with Crippen molar-refractivity contribution in [3.63, 3.8) is 0 Å². The number of fused-ring (bicyclic) bond motifs is 4. The molecular weight excluding hydrogens is 300 g/mol. The maximum Gasteiger partial charge on any atom is 0.315 e. The molecule has 7 fully saturated rings. The molecule has 7 saturated carbocycles. The third kappa shape index (κ3) is 0.982. The van der Waals surface area contributed by atoms with Crippen LogP contribution in [0.25, 0.3) is 0 Å². The summed E-state index contributed by atoms with van der Waals surface area (Å²) < 4.78 is 5.50. The first kappa shape index (κ1) is 13.6. The van der Waals surface area contributed by atoms with E-state index in [2.05, 4.69) is 0 Å². The third-order valence-electron chi connectivity index (χ3n) is 10.9. The van der Waals surface area contributed by atoms with Gasteiger partial charge in [0.25, 0.3) is 0 Å². The van der Waals surface area contributed by atoms with Crippen LogP contribution in [-0.2, 0) is 9.53 Å². The molecule has 3 heteroatoms. The molecule has 0 aromatic carbocycles. The monoisotopic (exact) mass is 328 g/mol. The van der Waals surface area contributed by atoms with E-state index in [1.54, 1.807) is 7.11 Å². The molecule has 7 aliphatic carbocycles. The highest BCUT2D eigenvalue weighted by Gasteiger charge is 2.89. The molecule has 1 N–H and O–H groups in total. The summed E-state index contributed by atoms with van der Waals surface area (Å²) in [6.07, 6.45) is 8.86. The van der Waals surface area contributed by atoms with Crippen LogP contribution in [0.15, 0.2) is 0 Å². The van der Waals surface area contributed by atoms with Gasteiger partial charge in [0.1, 0.15) is 5.41 Å². The van der Waals surface area contributed by atoms with Gasteiger partial charge in [-0.3, -0.25) is 4.79 Å². The number of ether oxygens (including phenoxy) is 1. The fourth-order valence-electron chi connectivity index (χ4n) is 11.1. The topological polar surface area (TPSA) is 46.5 Å². The number of methoxy groups -OCH3 is 1. The lowest BCUT2D eigenvalue weighted by Gasteiger charge is -2.63. The van der Waals surface area contributed by atoms with Gasteiger partial charge in [-0.2, -0.15) is 0 Å². The molecule has 0 saturated heterocycles. The average molecular weight is 328 g/mol. The van der Waals surface area contributed by atoms with Crippen LogP contribution in [0.5, 0.6) is 0 Å². The zero-order chi connectivity index (χ0) is 16.0. The molecule has 7 rings (SSSR count). The van der Waals surface area contributed by atoms with E-state index in [0.717, 1.165) is 17.8 Å². The first-order valence-corrected chi connectivity index (χ1v) is 10.5. The maximum atomic E-state index is 13.4. The number of carbonyl (C=O) groups excluding carboxylic acids is 1. The van der Waals surface area contributed by atoms with Gasteiger partial charge in [-0.05, 0) is 97.7 Å². The molecule has 0 radical (unpaired) electrons. The summed E-state index contributed by atoms with van der Waals surface area (Å²) in [4.78, 5) is 13.4. The van der Waals surface area contributed by atoms with E-state index in [4.69, 9.17) is 4.74 Å². The van der Waals surface area contributed by atoms with Gasteiger partial charge in [-0.1, -0.05) is 6.42 Å². The Kier molecular flexibility index (Phi) is 2.12. The van der Waals surface area contributed by atoms with Crippen LogP contribution in [-0.4, -0.2) is 23.8 Å². The van der Waals surface area contributed by atoms with Crippen LogP contribution in [0.4, 0.5) is 0 Å². The molecule has 0 aromatic heterocycles. The molecule has 0 aliphatic heterocycles. The SMILES string of the molecule is COC(=O)[C@]12[C@H]3C[C@H]([C@H]4CCC[C@@H]43)[C@H]3[C@@H]4C[C@H]1[C@H]1CC[C@H]([C@@H]41)[C@@]32O. The fraction of sp³-hybridized carbons (Fsp3) is 0.952. The quantitative estimate of drug-likeness (QED) is 0.753. The Morgan fingerprint density at radius 3 is 2.50 bits per heavy atom. The zero-order valence-corrected chi connectivity index (χ0v) is 14.5. The molecule has 0 spiro atoms. The number of rotatable bonds is 1. The molecule has 7 bridgehead atoms. The Hall–Kier alpha value is -0.570. The van der Waals surface area contributed by atoms with Crippen molar-refractivity contribution in [2.75, 3.05) is 7.11 Å². The summed E-state index contributed by atoms with van der Waals surface area (Å²) in [5.74, 6) is 6.01. The molecule has 0 unspecified atom stereocenters. The number of esters is 1. The van der Waals surface area contributed by atoms with Gasteiger partial charge in [0.15, 0.2) is 0 Å². The largest absolute Gasteiger partial charge is 0.468 e. The lowest BCUT2D eigenvalue weighted by atomic mass is 9.42. The van der Waals surface area contributed by atoms with Crippen molar-refractivity contribution in [1.29, 1.82) is 0 Å². The summed E-state index contributed by atoms with van der Waals surface area (Å²) in [5, 5.41) is 12.4. The van der Waals surface area contributed by atoms with Gasteiger partial charge in [0, 0.05) is 0 Å². The van der Waals surface area contributed by atoms with Gasteiger partial charge in [0.2, 0.25) is 0 Å². The molecule has 7 aliphatic rings. The number of hydrogen-bond donors (Lipinski definition) is 1. The van der Waals surface area contributed by atoms with Crippen LogP contribution in [0, 0.1) is 64.6 Å². The van der Waals surface area contributed by atoms with Crippen LogP contribution in [0.2, 0.25) is 0 Å². The second kappa shape index (κ2) is 3.75. The smallest absolute Gasteiger partial charge is 0.315 e. The lowest BCUT2D eigenvalue weighted by molar-refractivity contribution is -0.257. The number of carbonyl (C=O) groups is 1. The molecule has 0 amide bonds. The van der Waals surface area contributed by atoms with Crippen molar-refractivity contribution in [2.24, 2.45) is 64.6 Å². The fourth-order valence-corrected chi connectivity index (χ4v) is 11.1. The van der Waals surface area contributed by atoms with Crippen LogP contribution < -0.4 is 0 Å². The zero-order valence-electron chi connectivity index (χ0n) is 14.5. The Balaban J connectivity index is 1.55. The molecular formula is C21H28O3. The summed E-state index contributed by atoms with van der Waals surface area (Å²) in [6, 6.07) is 0. The van der Waals surface area contributed by atoms with E-state index < -0.39 is 11.0 Å². The highest BCUT2D eigenvalue weighted by molar-refractivity contribution is 5.81. The Labute approximate surface area is 143 Å². The normalized spacial score (nSPS) is 69.4. The average Bonchev–Trinajstić information content (AvgIpc) is 3.30. The Bertz CT molecular complexity index is 659. The standard InChI is InChI=1S/C21H28O3/c1-24-19(22)20-15-7-12(9-3-2-4-10(9)15)18-13-8-16(20)11-5-6-14(17(11)13)21(18,20)23/h9-18,23H,2-8H2,1H3/t9-,10-,11+,12+,13+,14+,15-,16-,17+,18-,20-,21+/m0/s1. The minimum atomic E-state index is -0.719. The minimum absolute atomic E-state index is 0.0216. The molecule has 12 atom stereocenters. The summed E-state index contributed by atoms with van der Waals surface area (Å²) in [6.45, 7) is 0. The molecule has 0 heterocycles. The molecule has 24 heavy (non-hydrogen) atoms. The van der Waals surface area contributed by atoms with Crippen LogP contribution in [0.3, 0.4) is 0 Å². The van der Waals surface area contributed by atoms with Crippen molar-refractivity contribution in [3.05, 3.63) is 0 Å². The predicted octanol–water partition coefficient (Wildman–Crippen LogP) is 2.86. The predicted molar refractivity (Wildman–Crippen MR) is 86.6 cm³/mol. The van der Waals surface area contributed by atoms with Crippen molar-refractivity contribution >= 4 is 5.97 Å². The first-order valence-electron chi connectivity index (χ1n) is 10.5. The number of hydrogen-bond acceptors (Lipinski definition) is 3. The maximum absolute atomic E-state index is 13.4. The van der Waals surface area contributed by atoms with Crippen molar-refractivity contribution < 1.29 is 14.6 Å². The van der Waals surface area contributed by atoms with Crippen LogP contribution in [0.1, 0.15) is 44.9 Å². The van der Waals surface area contributed by atoms with Gasteiger partial charge in [-0.15, -0.1) is 0 Å². The van der Waals surface area contributed by atoms with E-state index in [0.29, 0.717) is 41.4 Å². The van der Waals surface area contributed by atoms with Crippen molar-refractivity contribution in [1.82, 2.24) is 0 Å². The summed E-state index contributed by atoms with van der Waals surface area (Å²) >= 11 is 0. The second-order valence-corrected chi connectivity index (χ2v) is 10.4. The third-order valence-corrected chi connectivity index (χ3v) is 10.9. The Morgan fingerprint density at radius 2 is 1.67 bits per heavy atom. The van der Waals surface area contributed by atoms with E-state index in [1.165, 1.54) is 44.9 Å². The highest BCUT2D eigenvalue weighted by atomic mass is 16.5. The second-order valence-electron chi connectivity index (χ2n) is 10.4. The Morgan fingerprint density at radius 1 is 0.917 bits per heavy atom. The summed E-state index contributed by atoms with van der Waals surface area (Å²) in [5.41, 5.74) is -1.26. The lowest BCUT2D eigenvalue weighted by Crippen LogP contribution is -2.71. The van der Waals surface area contributed by atoms with E-state index in [1.807, 2.05) is 0 Å². The van der Waals surface area contributed by atoms with Crippen LogP contribution >= 0.6 is 0 Å². The minimum Gasteiger partial charge on any atom is -0.468 e. The highest BCUT2D eigenvalue weighted by Crippen LogP contribution is 2.86. The summed E-state index contributed by atoms with van der Waals surface area (Å²) in [7, 11) is 1.57. The van der Waals surface area contributed by atoms with Gasteiger partial charge in [-0.25, -0.2) is 0 Å². The van der Waals surface area contributed by atoms with Gasteiger partial charge < -0.3 is 9.84 Å². The molecule has 0 aromatic rings. The van der Waals surface area contributed by atoms with Gasteiger partial charge >= 0.3 is 5.97 Å². The van der Waals surface area contributed by atoms with E-state index in [9.17, 15) is 9.90 Å².